The third kappa shape index (κ3) is 2.41. The van der Waals surface area contributed by atoms with Crippen LogP contribution in [0.25, 0.3) is 0 Å². The molecule has 0 aliphatic carbocycles. The van der Waals surface area contributed by atoms with E-state index in [1.54, 1.807) is 0 Å². The molecule has 0 saturated carbocycles. The molecule has 2 rings (SSSR count). The molecule has 2 N–H and O–H groups in total. The number of nitrogens with zero attached hydrogens (tertiary/aromatic N) is 1. The quantitative estimate of drug-likeness (QED) is 0.806. The van der Waals surface area contributed by atoms with Gasteiger partial charge in [-0.05, 0) is 32.7 Å². The van der Waals surface area contributed by atoms with Crippen molar-refractivity contribution < 1.29 is 0 Å². The van der Waals surface area contributed by atoms with Gasteiger partial charge in [-0.25, -0.2) is 0 Å². The second-order valence-electron chi connectivity index (χ2n) is 5.65. The predicted molar refractivity (Wildman–Crippen MR) is 73.0 cm³/mol. The second kappa shape index (κ2) is 5.28. The molecule has 0 spiro atoms. The molecule has 94 valence electrons. The lowest BCUT2D eigenvalue weighted by atomic mass is 9.92. The van der Waals surface area contributed by atoms with E-state index in [9.17, 15) is 0 Å². The lowest BCUT2D eigenvalue weighted by molar-refractivity contribution is 0.0737. The van der Waals surface area contributed by atoms with Crippen LogP contribution in [0.1, 0.15) is 46.0 Å². The fraction of sp³-hybridized carbons (Fsp3) is 1.00. The predicted octanol–water partition coefficient (Wildman–Crippen LogP) is 2.47. The summed E-state index contributed by atoms with van der Waals surface area (Å²) in [6, 6.07) is 0.733. The van der Waals surface area contributed by atoms with E-state index in [4.69, 9.17) is 5.73 Å². The molecule has 2 heterocycles. The van der Waals surface area contributed by atoms with Crippen molar-refractivity contribution in [3.8, 4) is 0 Å². The van der Waals surface area contributed by atoms with Crippen LogP contribution in [0.15, 0.2) is 0 Å². The first-order valence-corrected chi connectivity index (χ1v) is 7.81. The Morgan fingerprint density at radius 3 is 2.75 bits per heavy atom. The van der Waals surface area contributed by atoms with Gasteiger partial charge in [-0.3, -0.25) is 4.90 Å². The molecule has 0 bridgehead atoms. The van der Waals surface area contributed by atoms with Crippen LogP contribution >= 0.6 is 11.8 Å². The van der Waals surface area contributed by atoms with Crippen molar-refractivity contribution in [2.45, 2.75) is 62.8 Å². The topological polar surface area (TPSA) is 29.3 Å². The first kappa shape index (κ1) is 12.7. The molecule has 0 amide bonds. The molecular formula is C13H26N2S. The zero-order valence-corrected chi connectivity index (χ0v) is 11.6. The number of likely N-dealkylation sites (tertiary alicyclic amines) is 1. The molecule has 2 saturated heterocycles. The molecule has 2 nitrogen and oxygen atoms in total. The van der Waals surface area contributed by atoms with Gasteiger partial charge in [0.2, 0.25) is 0 Å². The standard InChI is InChI=1S/C13H26N2S/c1-11-6-4-3-5-7-15(11)13(9-14)8-12(2)16-10-13/h11-12H,3-10,14H2,1-2H3. The van der Waals surface area contributed by atoms with E-state index in [0.29, 0.717) is 5.54 Å². The van der Waals surface area contributed by atoms with Crippen LogP contribution in [0.5, 0.6) is 0 Å². The molecule has 2 aliphatic rings. The molecule has 2 fully saturated rings. The van der Waals surface area contributed by atoms with E-state index in [0.717, 1.165) is 17.8 Å². The van der Waals surface area contributed by atoms with Gasteiger partial charge in [0, 0.05) is 29.1 Å². The van der Waals surface area contributed by atoms with E-state index in [1.807, 2.05) is 0 Å². The average Bonchev–Trinajstić information content (AvgIpc) is 2.52. The van der Waals surface area contributed by atoms with Gasteiger partial charge in [-0.15, -0.1) is 0 Å². The molecule has 3 heteroatoms. The van der Waals surface area contributed by atoms with Crippen molar-refractivity contribution >= 4 is 11.8 Å². The lowest BCUT2D eigenvalue weighted by Gasteiger charge is -2.43. The third-order valence-electron chi connectivity index (χ3n) is 4.35. The number of hydrogen-bond acceptors (Lipinski definition) is 3. The van der Waals surface area contributed by atoms with Crippen LogP contribution in [-0.4, -0.2) is 40.6 Å². The molecular weight excluding hydrogens is 216 g/mol. The average molecular weight is 242 g/mol. The highest BCUT2D eigenvalue weighted by molar-refractivity contribution is 8.00. The molecule has 3 unspecified atom stereocenters. The Morgan fingerprint density at radius 2 is 2.12 bits per heavy atom. The van der Waals surface area contributed by atoms with E-state index >= 15 is 0 Å². The van der Waals surface area contributed by atoms with Crippen LogP contribution in [0.3, 0.4) is 0 Å². The maximum Gasteiger partial charge on any atom is 0.0435 e. The van der Waals surface area contributed by atoms with Gasteiger partial charge in [0.1, 0.15) is 0 Å². The van der Waals surface area contributed by atoms with Crippen molar-refractivity contribution in [1.29, 1.82) is 0 Å². The van der Waals surface area contributed by atoms with Crippen LogP contribution in [0, 0.1) is 0 Å². The zero-order valence-electron chi connectivity index (χ0n) is 10.7. The smallest absolute Gasteiger partial charge is 0.0435 e. The molecule has 0 radical (unpaired) electrons. The van der Waals surface area contributed by atoms with Crippen LogP contribution < -0.4 is 5.73 Å². The fourth-order valence-corrected chi connectivity index (χ4v) is 4.81. The normalized spacial score (nSPS) is 42.2. The minimum atomic E-state index is 0.313. The summed E-state index contributed by atoms with van der Waals surface area (Å²) in [5.41, 5.74) is 6.43. The Morgan fingerprint density at radius 1 is 1.31 bits per heavy atom. The molecule has 2 aliphatic heterocycles. The number of nitrogens with two attached hydrogens (primary N) is 1. The Bertz CT molecular complexity index is 234. The Balaban J connectivity index is 2.12. The highest BCUT2D eigenvalue weighted by atomic mass is 32.2. The Kier molecular flexibility index (Phi) is 4.20. The minimum absolute atomic E-state index is 0.313. The Hall–Kier alpha value is 0.270. The van der Waals surface area contributed by atoms with Gasteiger partial charge in [0.05, 0.1) is 0 Å². The van der Waals surface area contributed by atoms with Gasteiger partial charge >= 0.3 is 0 Å². The molecule has 3 atom stereocenters. The van der Waals surface area contributed by atoms with E-state index < -0.39 is 0 Å². The summed E-state index contributed by atoms with van der Waals surface area (Å²) in [7, 11) is 0. The van der Waals surface area contributed by atoms with E-state index in [-0.39, 0.29) is 0 Å². The first-order chi connectivity index (χ1) is 7.68. The van der Waals surface area contributed by atoms with Gasteiger partial charge in [-0.1, -0.05) is 19.8 Å². The highest BCUT2D eigenvalue weighted by Gasteiger charge is 2.43. The Labute approximate surface area is 104 Å². The van der Waals surface area contributed by atoms with Crippen molar-refractivity contribution in [1.82, 2.24) is 4.90 Å². The van der Waals surface area contributed by atoms with Gasteiger partial charge in [0.25, 0.3) is 0 Å². The van der Waals surface area contributed by atoms with Crippen molar-refractivity contribution in [3.63, 3.8) is 0 Å². The number of thioether (sulfide) groups is 1. The van der Waals surface area contributed by atoms with E-state index in [1.165, 1.54) is 44.4 Å². The summed E-state index contributed by atoms with van der Waals surface area (Å²) in [6.45, 7) is 6.86. The summed E-state index contributed by atoms with van der Waals surface area (Å²) < 4.78 is 0. The molecule has 16 heavy (non-hydrogen) atoms. The second-order valence-corrected chi connectivity index (χ2v) is 7.07. The fourth-order valence-electron chi connectivity index (χ4n) is 3.39. The minimum Gasteiger partial charge on any atom is -0.329 e. The molecule has 0 aromatic carbocycles. The van der Waals surface area contributed by atoms with Gasteiger partial charge in [-0.2, -0.15) is 11.8 Å². The van der Waals surface area contributed by atoms with E-state index in [2.05, 4.69) is 30.5 Å². The first-order valence-electron chi connectivity index (χ1n) is 6.76. The molecule has 0 aromatic rings. The highest BCUT2D eigenvalue weighted by Crippen LogP contribution is 2.40. The monoisotopic (exact) mass is 242 g/mol. The summed E-state index contributed by atoms with van der Waals surface area (Å²) >= 11 is 2.11. The summed E-state index contributed by atoms with van der Waals surface area (Å²) in [5, 5.41) is 0.791. The number of rotatable bonds is 2. The van der Waals surface area contributed by atoms with Crippen LogP contribution in [0.2, 0.25) is 0 Å². The maximum absolute atomic E-state index is 6.12. The van der Waals surface area contributed by atoms with Crippen LogP contribution in [-0.2, 0) is 0 Å². The lowest BCUT2D eigenvalue weighted by Crippen LogP contribution is -2.57. The zero-order chi connectivity index (χ0) is 11.6. The van der Waals surface area contributed by atoms with Crippen molar-refractivity contribution in [2.75, 3.05) is 18.8 Å². The van der Waals surface area contributed by atoms with Gasteiger partial charge < -0.3 is 5.73 Å². The van der Waals surface area contributed by atoms with Gasteiger partial charge in [0.15, 0.2) is 0 Å². The van der Waals surface area contributed by atoms with Crippen LogP contribution in [0.4, 0.5) is 0 Å². The maximum atomic E-state index is 6.12. The largest absolute Gasteiger partial charge is 0.329 e. The summed E-state index contributed by atoms with van der Waals surface area (Å²) in [5.74, 6) is 1.25. The van der Waals surface area contributed by atoms with Crippen molar-refractivity contribution in [3.05, 3.63) is 0 Å². The summed E-state index contributed by atoms with van der Waals surface area (Å²) in [4.78, 5) is 2.75. The SMILES string of the molecule is CC1CC(CN)(N2CCCCCC2C)CS1. The third-order valence-corrected chi connectivity index (χ3v) is 5.79. The number of hydrogen-bond donors (Lipinski definition) is 1. The molecule has 0 aromatic heterocycles. The van der Waals surface area contributed by atoms with Crippen molar-refractivity contribution in [2.24, 2.45) is 5.73 Å². The summed E-state index contributed by atoms with van der Waals surface area (Å²) in [6.07, 6.45) is 6.83.